The highest BCUT2D eigenvalue weighted by atomic mass is 127. The Bertz CT molecular complexity index is 504. The lowest BCUT2D eigenvalue weighted by molar-refractivity contribution is 0.681. The molecule has 0 aliphatic rings. The SMILES string of the molecule is CNC(c1cncnc1)c1cc(I)ccc1Br. The van der Waals surface area contributed by atoms with Crippen molar-refractivity contribution in [1.29, 1.82) is 0 Å². The first-order valence-electron chi connectivity index (χ1n) is 5.09. The maximum atomic E-state index is 4.06. The van der Waals surface area contributed by atoms with E-state index in [0.717, 1.165) is 10.0 Å². The van der Waals surface area contributed by atoms with Gasteiger partial charge >= 0.3 is 0 Å². The summed E-state index contributed by atoms with van der Waals surface area (Å²) in [6.45, 7) is 0. The Balaban J connectivity index is 2.46. The predicted octanol–water partition coefficient (Wildman–Crippen LogP) is 3.15. The van der Waals surface area contributed by atoms with E-state index in [1.165, 1.54) is 9.13 Å². The van der Waals surface area contributed by atoms with Gasteiger partial charge in [-0.1, -0.05) is 15.9 Å². The van der Waals surface area contributed by atoms with Gasteiger partial charge in [-0.3, -0.25) is 0 Å². The van der Waals surface area contributed by atoms with Gasteiger partial charge in [0.1, 0.15) is 6.33 Å². The van der Waals surface area contributed by atoms with Crippen LogP contribution in [0.15, 0.2) is 41.4 Å². The maximum absolute atomic E-state index is 4.06. The summed E-state index contributed by atoms with van der Waals surface area (Å²) in [5.74, 6) is 0. The van der Waals surface area contributed by atoms with Crippen LogP contribution in [0.3, 0.4) is 0 Å². The van der Waals surface area contributed by atoms with Crippen LogP contribution in [0.1, 0.15) is 17.2 Å². The topological polar surface area (TPSA) is 37.8 Å². The molecule has 0 saturated carbocycles. The molecule has 0 fully saturated rings. The number of rotatable bonds is 3. The maximum Gasteiger partial charge on any atom is 0.115 e. The van der Waals surface area contributed by atoms with Crippen LogP contribution < -0.4 is 5.32 Å². The van der Waals surface area contributed by atoms with Crippen molar-refractivity contribution in [3.05, 3.63) is 56.1 Å². The molecule has 1 aromatic heterocycles. The van der Waals surface area contributed by atoms with Crippen LogP contribution in [0.5, 0.6) is 0 Å². The highest BCUT2D eigenvalue weighted by Gasteiger charge is 2.15. The Morgan fingerprint density at radius 2 is 2.00 bits per heavy atom. The molecule has 0 spiro atoms. The third kappa shape index (κ3) is 3.02. The number of aromatic nitrogens is 2. The molecular formula is C12H11BrIN3. The number of nitrogens with zero attached hydrogens (tertiary/aromatic N) is 2. The summed E-state index contributed by atoms with van der Waals surface area (Å²) in [4.78, 5) is 8.13. The van der Waals surface area contributed by atoms with Crippen LogP contribution in [0.25, 0.3) is 0 Å². The summed E-state index contributed by atoms with van der Waals surface area (Å²) in [6, 6.07) is 6.38. The molecule has 0 bridgehead atoms. The quantitative estimate of drug-likeness (QED) is 0.800. The molecule has 5 heteroatoms. The minimum Gasteiger partial charge on any atom is -0.309 e. The van der Waals surface area contributed by atoms with Crippen molar-refractivity contribution in [2.75, 3.05) is 7.05 Å². The van der Waals surface area contributed by atoms with Gasteiger partial charge in [-0.2, -0.15) is 0 Å². The molecule has 1 heterocycles. The number of benzene rings is 1. The monoisotopic (exact) mass is 403 g/mol. The number of hydrogen-bond acceptors (Lipinski definition) is 3. The lowest BCUT2D eigenvalue weighted by atomic mass is 10.0. The van der Waals surface area contributed by atoms with Gasteiger partial charge in [0.25, 0.3) is 0 Å². The zero-order valence-corrected chi connectivity index (χ0v) is 12.9. The number of halogens is 2. The van der Waals surface area contributed by atoms with Crippen LogP contribution in [0.4, 0.5) is 0 Å². The molecule has 0 aliphatic heterocycles. The van der Waals surface area contributed by atoms with Crippen LogP contribution in [0.2, 0.25) is 0 Å². The smallest absolute Gasteiger partial charge is 0.115 e. The third-order valence-electron chi connectivity index (χ3n) is 2.47. The molecule has 0 radical (unpaired) electrons. The molecule has 1 aromatic carbocycles. The molecule has 1 unspecified atom stereocenters. The molecule has 1 atom stereocenters. The van der Waals surface area contributed by atoms with Crippen molar-refractivity contribution in [3.63, 3.8) is 0 Å². The number of hydrogen-bond donors (Lipinski definition) is 1. The lowest BCUT2D eigenvalue weighted by Crippen LogP contribution is -2.18. The fourth-order valence-electron chi connectivity index (χ4n) is 1.70. The van der Waals surface area contributed by atoms with Gasteiger partial charge in [0.05, 0.1) is 6.04 Å². The molecule has 2 rings (SSSR count). The van der Waals surface area contributed by atoms with Crippen LogP contribution in [0, 0.1) is 3.57 Å². The van der Waals surface area contributed by atoms with Crippen LogP contribution in [-0.2, 0) is 0 Å². The molecular weight excluding hydrogens is 393 g/mol. The Labute approximate surface area is 122 Å². The standard InChI is InChI=1S/C12H11BrIN3/c1-15-12(8-5-16-7-17-6-8)10-4-9(14)2-3-11(10)13/h2-7,12,15H,1H3. The zero-order chi connectivity index (χ0) is 12.3. The highest BCUT2D eigenvalue weighted by molar-refractivity contribution is 14.1. The summed E-state index contributed by atoms with van der Waals surface area (Å²) in [7, 11) is 1.93. The minimum absolute atomic E-state index is 0.0975. The van der Waals surface area contributed by atoms with E-state index in [-0.39, 0.29) is 6.04 Å². The molecule has 0 saturated heterocycles. The van der Waals surface area contributed by atoms with Gasteiger partial charge in [-0.25, -0.2) is 9.97 Å². The second-order valence-electron chi connectivity index (χ2n) is 3.56. The Morgan fingerprint density at radius 1 is 1.29 bits per heavy atom. The fraction of sp³-hybridized carbons (Fsp3) is 0.167. The molecule has 2 aromatic rings. The van der Waals surface area contributed by atoms with E-state index >= 15 is 0 Å². The largest absolute Gasteiger partial charge is 0.309 e. The minimum atomic E-state index is 0.0975. The van der Waals surface area contributed by atoms with E-state index in [9.17, 15) is 0 Å². The van der Waals surface area contributed by atoms with E-state index in [1.54, 1.807) is 6.33 Å². The van der Waals surface area contributed by atoms with Gasteiger partial charge < -0.3 is 5.32 Å². The first-order chi connectivity index (χ1) is 8.22. The summed E-state index contributed by atoms with van der Waals surface area (Å²) in [6.07, 6.45) is 5.21. The van der Waals surface area contributed by atoms with E-state index in [0.29, 0.717) is 0 Å². The molecule has 1 N–H and O–H groups in total. The van der Waals surface area contributed by atoms with E-state index < -0.39 is 0 Å². The van der Waals surface area contributed by atoms with Crippen molar-refractivity contribution < 1.29 is 0 Å². The van der Waals surface area contributed by atoms with Gasteiger partial charge in [-0.05, 0) is 53.4 Å². The lowest BCUT2D eigenvalue weighted by Gasteiger charge is -2.18. The second kappa shape index (κ2) is 5.88. The van der Waals surface area contributed by atoms with E-state index in [4.69, 9.17) is 0 Å². The van der Waals surface area contributed by atoms with E-state index in [2.05, 4.69) is 72.0 Å². The highest BCUT2D eigenvalue weighted by Crippen LogP contribution is 2.29. The molecule has 88 valence electrons. The van der Waals surface area contributed by atoms with Crippen LogP contribution in [-0.4, -0.2) is 17.0 Å². The molecule has 0 amide bonds. The average Bonchev–Trinajstić information content (AvgIpc) is 2.36. The number of nitrogens with one attached hydrogen (secondary N) is 1. The Hall–Kier alpha value is -0.530. The van der Waals surface area contributed by atoms with Gasteiger partial charge in [0.2, 0.25) is 0 Å². The summed E-state index contributed by atoms with van der Waals surface area (Å²) in [5, 5.41) is 3.29. The third-order valence-corrected chi connectivity index (χ3v) is 3.86. The van der Waals surface area contributed by atoms with Gasteiger partial charge in [0, 0.05) is 26.0 Å². The molecule has 17 heavy (non-hydrogen) atoms. The van der Waals surface area contributed by atoms with Crippen LogP contribution >= 0.6 is 38.5 Å². The zero-order valence-electron chi connectivity index (χ0n) is 9.19. The summed E-state index contributed by atoms with van der Waals surface area (Å²) >= 11 is 5.90. The summed E-state index contributed by atoms with van der Waals surface area (Å²) < 4.78 is 2.29. The van der Waals surface area contributed by atoms with Crippen molar-refractivity contribution >= 4 is 38.5 Å². The predicted molar refractivity (Wildman–Crippen MR) is 79.8 cm³/mol. The molecule has 3 nitrogen and oxygen atoms in total. The van der Waals surface area contributed by atoms with Crippen molar-refractivity contribution in [2.24, 2.45) is 0 Å². The molecule has 0 aliphatic carbocycles. The Kier molecular flexibility index (Phi) is 4.47. The van der Waals surface area contributed by atoms with Crippen molar-refractivity contribution in [1.82, 2.24) is 15.3 Å². The first kappa shape index (κ1) is 12.9. The van der Waals surface area contributed by atoms with E-state index in [1.807, 2.05) is 19.4 Å². The van der Waals surface area contributed by atoms with Crippen molar-refractivity contribution in [2.45, 2.75) is 6.04 Å². The van der Waals surface area contributed by atoms with Gasteiger partial charge in [0.15, 0.2) is 0 Å². The Morgan fingerprint density at radius 3 is 2.65 bits per heavy atom. The van der Waals surface area contributed by atoms with Crippen molar-refractivity contribution in [3.8, 4) is 0 Å². The normalized spacial score (nSPS) is 12.4. The van der Waals surface area contributed by atoms with Gasteiger partial charge in [-0.15, -0.1) is 0 Å². The average molecular weight is 404 g/mol. The first-order valence-corrected chi connectivity index (χ1v) is 6.96. The second-order valence-corrected chi connectivity index (χ2v) is 5.66. The fourth-order valence-corrected chi connectivity index (χ4v) is 2.69. The summed E-state index contributed by atoms with van der Waals surface area (Å²) in [5.41, 5.74) is 2.24.